The number of hydrogen-bond acceptors (Lipinski definition) is 3. The number of aromatic amines is 1. The Morgan fingerprint density at radius 1 is 1.00 bits per heavy atom. The number of H-pyrrole nitrogens is 1. The molecule has 4 rings (SSSR count). The Morgan fingerprint density at radius 3 is 2.52 bits per heavy atom. The summed E-state index contributed by atoms with van der Waals surface area (Å²) in [4.78, 5) is 12.3. The maximum absolute atomic E-state index is 13.8. The molecule has 0 aliphatic heterocycles. The van der Waals surface area contributed by atoms with Gasteiger partial charge in [-0.05, 0) is 42.0 Å². The Bertz CT molecular complexity index is 1190. The summed E-state index contributed by atoms with van der Waals surface area (Å²) in [7, 11) is 0. The van der Waals surface area contributed by atoms with Crippen LogP contribution in [0.2, 0.25) is 0 Å². The number of amides is 1. The summed E-state index contributed by atoms with van der Waals surface area (Å²) in [6.45, 7) is -0.0226. The number of carbonyl (C=O) groups is 1. The molecule has 0 unspecified atom stereocenters. The zero-order valence-corrected chi connectivity index (χ0v) is 14.9. The van der Waals surface area contributed by atoms with Crippen LogP contribution in [0.1, 0.15) is 15.9 Å². The number of ether oxygens (including phenoxy) is 1. The van der Waals surface area contributed by atoms with E-state index in [4.69, 9.17) is 4.74 Å². The van der Waals surface area contributed by atoms with Crippen LogP contribution in [0.3, 0.4) is 0 Å². The largest absolute Gasteiger partial charge is 0.489 e. The van der Waals surface area contributed by atoms with Crippen molar-refractivity contribution in [2.45, 2.75) is 6.61 Å². The van der Waals surface area contributed by atoms with E-state index in [-0.39, 0.29) is 18.0 Å². The van der Waals surface area contributed by atoms with Crippen LogP contribution in [-0.4, -0.2) is 16.1 Å². The molecule has 0 aliphatic rings. The number of aromatic nitrogens is 2. The van der Waals surface area contributed by atoms with Gasteiger partial charge in [-0.15, -0.1) is 0 Å². The van der Waals surface area contributed by atoms with Gasteiger partial charge in [0.05, 0.1) is 11.1 Å². The number of nitrogens with zero attached hydrogens (tertiary/aromatic N) is 1. The third-order valence-corrected chi connectivity index (χ3v) is 4.21. The van der Waals surface area contributed by atoms with Crippen molar-refractivity contribution >= 4 is 22.6 Å². The van der Waals surface area contributed by atoms with Gasteiger partial charge in [0.1, 0.15) is 29.8 Å². The number of hydrogen-bond donors (Lipinski definition) is 2. The first-order valence-electron chi connectivity index (χ1n) is 8.61. The number of anilines is 1. The second-order valence-corrected chi connectivity index (χ2v) is 6.28. The van der Waals surface area contributed by atoms with E-state index in [9.17, 15) is 18.0 Å². The summed E-state index contributed by atoms with van der Waals surface area (Å²) < 4.78 is 45.8. The number of rotatable bonds is 5. The van der Waals surface area contributed by atoms with E-state index in [0.717, 1.165) is 6.07 Å². The van der Waals surface area contributed by atoms with Crippen LogP contribution in [0, 0.1) is 17.5 Å². The molecule has 1 aromatic heterocycles. The third kappa shape index (κ3) is 4.06. The minimum atomic E-state index is -0.678. The second-order valence-electron chi connectivity index (χ2n) is 6.28. The lowest BCUT2D eigenvalue weighted by Crippen LogP contribution is -2.14. The molecule has 0 radical (unpaired) electrons. The summed E-state index contributed by atoms with van der Waals surface area (Å²) in [5, 5.41) is 9.96. The molecule has 0 saturated carbocycles. The monoisotopic (exact) mass is 397 g/mol. The van der Waals surface area contributed by atoms with E-state index in [2.05, 4.69) is 15.5 Å². The van der Waals surface area contributed by atoms with Crippen molar-refractivity contribution in [3.8, 4) is 5.75 Å². The predicted molar refractivity (Wildman–Crippen MR) is 101 cm³/mol. The van der Waals surface area contributed by atoms with Gasteiger partial charge in [0, 0.05) is 17.5 Å². The first-order chi connectivity index (χ1) is 14.0. The second kappa shape index (κ2) is 7.67. The molecule has 4 aromatic rings. The fourth-order valence-corrected chi connectivity index (χ4v) is 2.86. The molecule has 0 fully saturated rings. The van der Waals surface area contributed by atoms with Gasteiger partial charge in [0.25, 0.3) is 5.91 Å². The first-order valence-corrected chi connectivity index (χ1v) is 8.61. The molecule has 0 bridgehead atoms. The Morgan fingerprint density at radius 2 is 1.76 bits per heavy atom. The van der Waals surface area contributed by atoms with Gasteiger partial charge < -0.3 is 10.1 Å². The number of fused-ring (bicyclic) bond motifs is 1. The first kappa shape index (κ1) is 18.5. The number of benzene rings is 3. The highest BCUT2D eigenvalue weighted by Crippen LogP contribution is 2.26. The van der Waals surface area contributed by atoms with Gasteiger partial charge in [-0.2, -0.15) is 5.10 Å². The minimum Gasteiger partial charge on any atom is -0.489 e. The van der Waals surface area contributed by atoms with Gasteiger partial charge in [-0.3, -0.25) is 9.89 Å². The van der Waals surface area contributed by atoms with Gasteiger partial charge in [0.2, 0.25) is 0 Å². The van der Waals surface area contributed by atoms with E-state index in [1.165, 1.54) is 30.3 Å². The fourth-order valence-electron chi connectivity index (χ4n) is 2.86. The van der Waals surface area contributed by atoms with Crippen molar-refractivity contribution in [1.82, 2.24) is 10.2 Å². The molecule has 0 aliphatic carbocycles. The number of carbonyl (C=O) groups excluding carboxylic acids is 1. The molecule has 0 saturated heterocycles. The Labute approximate surface area is 163 Å². The average Bonchev–Trinajstić information content (AvgIpc) is 3.08. The van der Waals surface area contributed by atoms with Crippen LogP contribution in [-0.2, 0) is 6.61 Å². The van der Waals surface area contributed by atoms with E-state index >= 15 is 0 Å². The highest BCUT2D eigenvalue weighted by molar-refractivity contribution is 6.08. The zero-order chi connectivity index (χ0) is 20.4. The molecule has 1 heterocycles. The van der Waals surface area contributed by atoms with Crippen LogP contribution in [0.4, 0.5) is 19.0 Å². The molecule has 1 amide bonds. The van der Waals surface area contributed by atoms with Crippen molar-refractivity contribution in [2.24, 2.45) is 0 Å². The molecule has 8 heteroatoms. The Kier molecular flexibility index (Phi) is 4.90. The molecule has 2 N–H and O–H groups in total. The van der Waals surface area contributed by atoms with E-state index in [1.807, 2.05) is 0 Å². The van der Waals surface area contributed by atoms with E-state index in [0.29, 0.717) is 22.2 Å². The highest BCUT2D eigenvalue weighted by atomic mass is 19.1. The van der Waals surface area contributed by atoms with Crippen LogP contribution in [0.25, 0.3) is 10.9 Å². The molecule has 5 nitrogen and oxygen atoms in total. The van der Waals surface area contributed by atoms with Gasteiger partial charge in [0.15, 0.2) is 5.82 Å². The number of halogens is 3. The fraction of sp³-hybridized carbons (Fsp3) is 0.0476. The van der Waals surface area contributed by atoms with Gasteiger partial charge >= 0.3 is 0 Å². The minimum absolute atomic E-state index is 0.0226. The number of nitrogens with one attached hydrogen (secondary N) is 2. The Balaban J connectivity index is 1.50. The van der Waals surface area contributed by atoms with Crippen molar-refractivity contribution in [1.29, 1.82) is 0 Å². The predicted octanol–water partition coefficient (Wildman–Crippen LogP) is 4.81. The maximum atomic E-state index is 13.8. The van der Waals surface area contributed by atoms with Gasteiger partial charge in [-0.1, -0.05) is 12.1 Å². The molecular weight excluding hydrogens is 383 g/mol. The quantitative estimate of drug-likeness (QED) is 0.508. The van der Waals surface area contributed by atoms with Crippen LogP contribution in [0.5, 0.6) is 5.75 Å². The average molecular weight is 397 g/mol. The van der Waals surface area contributed by atoms with Crippen LogP contribution in [0.15, 0.2) is 60.7 Å². The van der Waals surface area contributed by atoms with E-state index in [1.54, 1.807) is 24.3 Å². The standard InChI is InChI=1S/C21H14F3N3O2/c22-13-7-12(8-14(23)9-13)11-29-15-5-6-17-19(10-15)26-27-20(17)25-21(28)16-3-1-2-4-18(16)24/h1-10H,11H2,(H2,25,26,27,28). The lowest BCUT2D eigenvalue weighted by Gasteiger charge is -2.07. The summed E-state index contributed by atoms with van der Waals surface area (Å²) in [5.41, 5.74) is 0.827. The molecule has 0 atom stereocenters. The summed E-state index contributed by atoms with van der Waals surface area (Å²) in [6.07, 6.45) is 0. The highest BCUT2D eigenvalue weighted by Gasteiger charge is 2.15. The van der Waals surface area contributed by atoms with Crippen LogP contribution >= 0.6 is 0 Å². The van der Waals surface area contributed by atoms with E-state index < -0.39 is 23.4 Å². The van der Waals surface area contributed by atoms with Crippen molar-refractivity contribution in [3.63, 3.8) is 0 Å². The van der Waals surface area contributed by atoms with Crippen molar-refractivity contribution in [3.05, 3.63) is 89.2 Å². The topological polar surface area (TPSA) is 67.0 Å². The molecular formula is C21H14F3N3O2. The zero-order valence-electron chi connectivity index (χ0n) is 14.9. The van der Waals surface area contributed by atoms with Crippen molar-refractivity contribution < 1.29 is 22.7 Å². The molecule has 29 heavy (non-hydrogen) atoms. The normalized spacial score (nSPS) is 10.9. The Hall–Kier alpha value is -3.81. The molecule has 3 aromatic carbocycles. The molecule has 146 valence electrons. The lowest BCUT2D eigenvalue weighted by molar-refractivity contribution is 0.102. The smallest absolute Gasteiger partial charge is 0.259 e. The van der Waals surface area contributed by atoms with Gasteiger partial charge in [-0.25, -0.2) is 13.2 Å². The summed E-state index contributed by atoms with van der Waals surface area (Å²) in [6, 6.07) is 13.7. The summed E-state index contributed by atoms with van der Waals surface area (Å²) >= 11 is 0. The summed E-state index contributed by atoms with van der Waals surface area (Å²) in [5.74, 6) is -1.92. The lowest BCUT2D eigenvalue weighted by atomic mass is 10.2. The van der Waals surface area contributed by atoms with Crippen molar-refractivity contribution in [2.75, 3.05) is 5.32 Å². The van der Waals surface area contributed by atoms with Crippen LogP contribution < -0.4 is 10.1 Å². The third-order valence-electron chi connectivity index (χ3n) is 4.21. The molecule has 0 spiro atoms. The SMILES string of the molecule is O=C(Nc1n[nH]c2cc(OCc3cc(F)cc(F)c3)ccc12)c1ccccc1F. The maximum Gasteiger partial charge on any atom is 0.259 e.